The molecule has 2 rings (SSSR count). The number of benzene rings is 2. The Bertz CT molecular complexity index is 922. The minimum Gasteiger partial charge on any atom is -0.432 e. The zero-order valence-corrected chi connectivity index (χ0v) is 18.9. The summed E-state index contributed by atoms with van der Waals surface area (Å²) < 4.78 is -1.00. The average molecular weight is 415 g/mol. The number of carbonyl (C=O) groups excluding carboxylic acids is 1. The Morgan fingerprint density at radius 1 is 1.03 bits per heavy atom. The standard InChI is InChI=1S/C23H31N3O4/c1-8-11-25(19-13-16(2)12-17(3)14-19)22(27)30-26(7,23(28)29)20-9-10-21(24(5)6)18(4)15-20/h9-10,12-15H,8,11H2,1-7H3/p+1. The van der Waals surface area contributed by atoms with E-state index in [4.69, 9.17) is 4.84 Å². The molecule has 0 aromatic heterocycles. The lowest BCUT2D eigenvalue weighted by Gasteiger charge is -2.29. The van der Waals surface area contributed by atoms with Crippen LogP contribution in [0.4, 0.5) is 26.7 Å². The smallest absolute Gasteiger partial charge is 0.432 e. The molecule has 30 heavy (non-hydrogen) atoms. The first-order valence-corrected chi connectivity index (χ1v) is 9.97. The van der Waals surface area contributed by atoms with E-state index in [2.05, 4.69) is 0 Å². The van der Waals surface area contributed by atoms with Crippen LogP contribution in [0.15, 0.2) is 36.4 Å². The molecular weight excluding hydrogens is 382 g/mol. The van der Waals surface area contributed by atoms with Crippen LogP contribution in [-0.4, -0.2) is 45.0 Å². The summed E-state index contributed by atoms with van der Waals surface area (Å²) in [5.41, 5.74) is 4.93. The molecule has 0 aliphatic carbocycles. The molecule has 0 heterocycles. The van der Waals surface area contributed by atoms with Gasteiger partial charge < -0.3 is 10.0 Å². The molecule has 1 unspecified atom stereocenters. The predicted molar refractivity (Wildman–Crippen MR) is 121 cm³/mol. The van der Waals surface area contributed by atoms with E-state index >= 15 is 0 Å². The molecule has 0 saturated carbocycles. The van der Waals surface area contributed by atoms with Crippen molar-refractivity contribution >= 4 is 29.2 Å². The highest BCUT2D eigenvalue weighted by Crippen LogP contribution is 2.30. The fraction of sp³-hybridized carbons (Fsp3) is 0.391. The highest BCUT2D eigenvalue weighted by Gasteiger charge is 2.43. The van der Waals surface area contributed by atoms with E-state index in [1.165, 1.54) is 11.9 Å². The zero-order chi connectivity index (χ0) is 22.6. The van der Waals surface area contributed by atoms with Gasteiger partial charge in [0.25, 0.3) is 0 Å². The lowest BCUT2D eigenvalue weighted by Crippen LogP contribution is -2.53. The quantitative estimate of drug-likeness (QED) is 0.534. The second kappa shape index (κ2) is 9.17. The van der Waals surface area contributed by atoms with Crippen LogP contribution in [0.3, 0.4) is 0 Å². The lowest BCUT2D eigenvalue weighted by molar-refractivity contribution is -0.0455. The van der Waals surface area contributed by atoms with E-state index < -0.39 is 16.8 Å². The van der Waals surface area contributed by atoms with Crippen LogP contribution in [0.25, 0.3) is 0 Å². The Hall–Kier alpha value is -3.06. The third-order valence-corrected chi connectivity index (χ3v) is 4.97. The molecule has 2 amide bonds. The summed E-state index contributed by atoms with van der Waals surface area (Å²) in [7, 11) is 5.19. The highest BCUT2D eigenvalue weighted by atomic mass is 16.8. The summed E-state index contributed by atoms with van der Waals surface area (Å²) in [5.74, 6) is 0. The molecule has 0 radical (unpaired) electrons. The van der Waals surface area contributed by atoms with Crippen LogP contribution >= 0.6 is 0 Å². The minimum atomic E-state index is -1.28. The van der Waals surface area contributed by atoms with Crippen molar-refractivity contribution < 1.29 is 19.5 Å². The molecule has 2 aromatic carbocycles. The zero-order valence-electron chi connectivity index (χ0n) is 18.9. The van der Waals surface area contributed by atoms with Gasteiger partial charge in [0.05, 0.1) is 0 Å². The first kappa shape index (κ1) is 23.2. The summed E-state index contributed by atoms with van der Waals surface area (Å²) in [6.45, 7) is 8.18. The van der Waals surface area contributed by atoms with E-state index in [9.17, 15) is 14.7 Å². The van der Waals surface area contributed by atoms with Crippen molar-refractivity contribution in [3.05, 3.63) is 53.1 Å². The second-order valence-corrected chi connectivity index (χ2v) is 7.93. The molecule has 1 N–H and O–H groups in total. The molecule has 1 atom stereocenters. The number of hydrogen-bond acceptors (Lipinski definition) is 4. The number of quaternary nitrogens is 1. The SMILES string of the molecule is CCCN(C(=O)O[N+](C)(C(=O)O)c1ccc(N(C)C)c(C)c1)c1cc(C)cc(C)c1. The van der Waals surface area contributed by atoms with Crippen molar-refractivity contribution in [3.8, 4) is 0 Å². The number of carboxylic acid groups (broad SMARTS) is 1. The van der Waals surface area contributed by atoms with Gasteiger partial charge in [-0.05, 0) is 66.7 Å². The number of hydrogen-bond donors (Lipinski definition) is 1. The van der Waals surface area contributed by atoms with Crippen LogP contribution in [0, 0.1) is 20.8 Å². The number of carbonyl (C=O) groups is 2. The van der Waals surface area contributed by atoms with Crippen LogP contribution in [0.2, 0.25) is 0 Å². The summed E-state index contributed by atoms with van der Waals surface area (Å²) in [6.07, 6.45) is -1.28. The maximum absolute atomic E-state index is 13.1. The van der Waals surface area contributed by atoms with Gasteiger partial charge in [0.1, 0.15) is 7.05 Å². The second-order valence-electron chi connectivity index (χ2n) is 7.93. The van der Waals surface area contributed by atoms with Gasteiger partial charge in [0, 0.05) is 44.1 Å². The fourth-order valence-electron chi connectivity index (χ4n) is 3.47. The molecule has 2 aromatic rings. The van der Waals surface area contributed by atoms with Crippen LogP contribution in [-0.2, 0) is 4.84 Å². The van der Waals surface area contributed by atoms with E-state index in [1.54, 1.807) is 12.1 Å². The highest BCUT2D eigenvalue weighted by molar-refractivity contribution is 5.90. The summed E-state index contributed by atoms with van der Waals surface area (Å²) in [5, 5.41) is 9.94. The topological polar surface area (TPSA) is 70.1 Å². The normalized spacial score (nSPS) is 12.8. The van der Waals surface area contributed by atoms with Gasteiger partial charge >= 0.3 is 12.2 Å². The van der Waals surface area contributed by atoms with E-state index in [0.29, 0.717) is 24.3 Å². The fourth-order valence-corrected chi connectivity index (χ4v) is 3.47. The molecule has 0 saturated heterocycles. The van der Waals surface area contributed by atoms with Gasteiger partial charge in [-0.15, -0.1) is 0 Å². The maximum atomic E-state index is 13.1. The van der Waals surface area contributed by atoms with E-state index in [1.807, 2.05) is 71.0 Å². The van der Waals surface area contributed by atoms with Gasteiger partial charge in [0.15, 0.2) is 5.69 Å². The largest absolute Gasteiger partial charge is 0.562 e. The monoisotopic (exact) mass is 414 g/mol. The first-order valence-electron chi connectivity index (χ1n) is 9.97. The molecule has 7 heteroatoms. The molecule has 0 spiro atoms. The van der Waals surface area contributed by atoms with Crippen LogP contribution < -0.4 is 14.4 Å². The van der Waals surface area contributed by atoms with Crippen molar-refractivity contribution in [1.82, 2.24) is 4.65 Å². The van der Waals surface area contributed by atoms with E-state index in [0.717, 1.165) is 22.4 Å². The number of anilines is 2. The van der Waals surface area contributed by atoms with Gasteiger partial charge in [-0.2, -0.15) is 4.79 Å². The van der Waals surface area contributed by atoms with Crippen LogP contribution in [0.5, 0.6) is 0 Å². The molecule has 0 aliphatic heterocycles. The van der Waals surface area contributed by atoms with Crippen LogP contribution in [0.1, 0.15) is 30.0 Å². The summed E-state index contributed by atoms with van der Waals surface area (Å²) >= 11 is 0. The van der Waals surface area contributed by atoms with Crippen molar-refractivity contribution in [2.45, 2.75) is 34.1 Å². The predicted octanol–water partition coefficient (Wildman–Crippen LogP) is 5.26. The van der Waals surface area contributed by atoms with E-state index in [-0.39, 0.29) is 0 Å². The Kier molecular flexibility index (Phi) is 7.10. The number of amides is 2. The average Bonchev–Trinajstić information content (AvgIpc) is 2.64. The third-order valence-electron chi connectivity index (χ3n) is 4.97. The number of nitrogens with zero attached hydrogens (tertiary/aromatic N) is 3. The molecule has 7 nitrogen and oxygen atoms in total. The Morgan fingerprint density at radius 2 is 1.63 bits per heavy atom. The molecule has 162 valence electrons. The molecule has 0 aliphatic rings. The van der Waals surface area contributed by atoms with Crippen molar-refractivity contribution in [2.24, 2.45) is 0 Å². The Labute approximate surface area is 178 Å². The number of rotatable bonds is 5. The van der Waals surface area contributed by atoms with Gasteiger partial charge in [0.2, 0.25) is 0 Å². The van der Waals surface area contributed by atoms with Gasteiger partial charge in [-0.3, -0.25) is 4.90 Å². The third kappa shape index (κ3) is 4.91. The van der Waals surface area contributed by atoms with Crippen molar-refractivity contribution in [2.75, 3.05) is 37.5 Å². The first-order chi connectivity index (χ1) is 14.0. The summed E-state index contributed by atoms with van der Waals surface area (Å²) in [6, 6.07) is 11.0. The van der Waals surface area contributed by atoms with Gasteiger partial charge in [-0.1, -0.05) is 13.0 Å². The van der Waals surface area contributed by atoms with Crippen molar-refractivity contribution in [3.63, 3.8) is 0 Å². The molecule has 0 bridgehead atoms. The number of hydroxylamine groups is 2. The minimum absolute atomic E-state index is 0.357. The Morgan fingerprint density at radius 3 is 2.10 bits per heavy atom. The lowest BCUT2D eigenvalue weighted by atomic mass is 10.1. The van der Waals surface area contributed by atoms with Crippen molar-refractivity contribution in [1.29, 1.82) is 0 Å². The van der Waals surface area contributed by atoms with Gasteiger partial charge in [-0.25, -0.2) is 9.63 Å². The Balaban J connectivity index is 2.43. The number of aryl methyl sites for hydroxylation is 3. The molecular formula is C23H32N3O4+. The summed E-state index contributed by atoms with van der Waals surface area (Å²) in [4.78, 5) is 34.3. The maximum Gasteiger partial charge on any atom is 0.562 e. The molecule has 0 fully saturated rings.